The Bertz CT molecular complexity index is 505. The van der Waals surface area contributed by atoms with Gasteiger partial charge in [-0.25, -0.2) is 0 Å². The minimum atomic E-state index is -0.964. The van der Waals surface area contributed by atoms with Crippen LogP contribution in [0.2, 0.25) is 10.0 Å². The predicted molar refractivity (Wildman–Crippen MR) is 81.7 cm³/mol. The Morgan fingerprint density at radius 1 is 1.40 bits per heavy atom. The van der Waals surface area contributed by atoms with Crippen LogP contribution in [0.15, 0.2) is 12.1 Å². The lowest BCUT2D eigenvalue weighted by atomic mass is 9.94. The van der Waals surface area contributed by atoms with Crippen LogP contribution in [-0.2, 0) is 0 Å². The molecule has 0 bridgehead atoms. The topological polar surface area (TPSA) is 75.4 Å². The van der Waals surface area contributed by atoms with Crippen molar-refractivity contribution < 1.29 is 10.0 Å². The second-order valence-electron chi connectivity index (χ2n) is 5.49. The van der Waals surface area contributed by atoms with Crippen LogP contribution in [0.25, 0.3) is 0 Å². The van der Waals surface area contributed by atoms with Gasteiger partial charge < -0.3 is 10.4 Å². The van der Waals surface area contributed by atoms with Crippen molar-refractivity contribution in [1.29, 1.82) is 0 Å². The highest BCUT2D eigenvalue weighted by molar-refractivity contribution is 6.42. The Balaban J connectivity index is 2.92. The number of halogens is 2. The first kappa shape index (κ1) is 17.0. The number of hydrogen-bond acceptors (Lipinski definition) is 4. The second kappa shape index (κ2) is 6.61. The molecule has 0 aromatic heterocycles. The lowest BCUT2D eigenvalue weighted by molar-refractivity contribution is -0.383. The highest BCUT2D eigenvalue weighted by Crippen LogP contribution is 2.34. The largest absolute Gasteiger partial charge is 0.388 e. The highest BCUT2D eigenvalue weighted by atomic mass is 35.5. The third-order valence-electron chi connectivity index (χ3n) is 2.74. The molecule has 1 rings (SSSR count). The first-order chi connectivity index (χ1) is 9.12. The molecule has 0 aliphatic heterocycles. The first-order valence-electron chi connectivity index (χ1n) is 6.22. The molecule has 0 spiro atoms. The number of benzene rings is 1. The van der Waals surface area contributed by atoms with Gasteiger partial charge in [-0.3, -0.25) is 10.1 Å². The number of nitrogens with one attached hydrogen (secondary N) is 1. The van der Waals surface area contributed by atoms with E-state index in [0.717, 1.165) is 0 Å². The molecule has 1 unspecified atom stereocenters. The van der Waals surface area contributed by atoms with Crippen molar-refractivity contribution in [2.75, 3.05) is 11.9 Å². The molecular formula is C13H18Cl2N2O3. The summed E-state index contributed by atoms with van der Waals surface area (Å²) in [5, 5.41) is 24.4. The Hall–Kier alpha value is -1.04. The van der Waals surface area contributed by atoms with Crippen molar-refractivity contribution in [3.05, 3.63) is 32.3 Å². The third kappa shape index (κ3) is 4.81. The summed E-state index contributed by atoms with van der Waals surface area (Å²) < 4.78 is 0. The SMILES string of the molecule is CC(C)CC(C)(O)CNc1cc(Cl)c(Cl)cc1[N+](=O)[O-]. The quantitative estimate of drug-likeness (QED) is 0.611. The number of aliphatic hydroxyl groups is 1. The van der Waals surface area contributed by atoms with Gasteiger partial charge in [-0.2, -0.15) is 0 Å². The van der Waals surface area contributed by atoms with Gasteiger partial charge in [0.05, 0.1) is 20.6 Å². The van der Waals surface area contributed by atoms with Gasteiger partial charge in [0.25, 0.3) is 5.69 Å². The van der Waals surface area contributed by atoms with E-state index < -0.39 is 10.5 Å². The molecule has 1 aromatic carbocycles. The zero-order valence-electron chi connectivity index (χ0n) is 11.6. The zero-order chi connectivity index (χ0) is 15.5. The predicted octanol–water partition coefficient (Wildman–Crippen LogP) is 4.11. The third-order valence-corrected chi connectivity index (χ3v) is 3.47. The monoisotopic (exact) mass is 320 g/mol. The summed E-state index contributed by atoms with van der Waals surface area (Å²) in [4.78, 5) is 10.4. The fourth-order valence-electron chi connectivity index (χ4n) is 2.07. The average molecular weight is 321 g/mol. The molecule has 0 aliphatic rings. The van der Waals surface area contributed by atoms with Gasteiger partial charge in [-0.15, -0.1) is 0 Å². The minimum absolute atomic E-state index is 0.123. The standard InChI is InChI=1S/C13H18Cl2N2O3/c1-8(2)6-13(3,18)7-16-11-4-9(14)10(15)5-12(11)17(19)20/h4-5,8,16,18H,6-7H2,1-3H3. The van der Waals surface area contributed by atoms with Crippen LogP contribution in [0, 0.1) is 16.0 Å². The maximum Gasteiger partial charge on any atom is 0.293 e. The molecule has 20 heavy (non-hydrogen) atoms. The van der Waals surface area contributed by atoms with E-state index in [2.05, 4.69) is 5.32 Å². The van der Waals surface area contributed by atoms with Crippen LogP contribution >= 0.6 is 23.2 Å². The first-order valence-corrected chi connectivity index (χ1v) is 6.97. The molecule has 0 saturated carbocycles. The van der Waals surface area contributed by atoms with Crippen molar-refractivity contribution in [3.63, 3.8) is 0 Å². The summed E-state index contributed by atoms with van der Waals surface area (Å²) >= 11 is 11.6. The molecule has 0 fully saturated rings. The number of nitro groups is 1. The minimum Gasteiger partial charge on any atom is -0.388 e. The Kier molecular flexibility index (Phi) is 5.62. The molecule has 0 heterocycles. The number of hydrogen-bond donors (Lipinski definition) is 2. The van der Waals surface area contributed by atoms with Gasteiger partial charge >= 0.3 is 0 Å². The lowest BCUT2D eigenvalue weighted by Crippen LogP contribution is -2.35. The van der Waals surface area contributed by atoms with Crippen molar-refractivity contribution in [3.8, 4) is 0 Å². The summed E-state index contributed by atoms with van der Waals surface area (Å²) in [6.45, 7) is 5.86. The number of rotatable bonds is 6. The van der Waals surface area contributed by atoms with Crippen molar-refractivity contribution >= 4 is 34.6 Å². The van der Waals surface area contributed by atoms with Gasteiger partial charge in [0.15, 0.2) is 0 Å². The smallest absolute Gasteiger partial charge is 0.293 e. The number of anilines is 1. The van der Waals surface area contributed by atoms with E-state index >= 15 is 0 Å². The van der Waals surface area contributed by atoms with Gasteiger partial charge in [-0.05, 0) is 25.3 Å². The normalized spacial score (nSPS) is 14.2. The molecule has 2 N–H and O–H groups in total. The van der Waals surface area contributed by atoms with Crippen LogP contribution in [-0.4, -0.2) is 22.2 Å². The number of nitrogens with zero attached hydrogens (tertiary/aromatic N) is 1. The molecular weight excluding hydrogens is 303 g/mol. The Morgan fingerprint density at radius 2 is 1.95 bits per heavy atom. The van der Waals surface area contributed by atoms with E-state index in [9.17, 15) is 15.2 Å². The van der Waals surface area contributed by atoms with Crippen molar-refractivity contribution in [2.45, 2.75) is 32.8 Å². The van der Waals surface area contributed by atoms with Crippen LogP contribution in [0.4, 0.5) is 11.4 Å². The van der Waals surface area contributed by atoms with Crippen molar-refractivity contribution in [2.24, 2.45) is 5.92 Å². The Morgan fingerprint density at radius 3 is 2.45 bits per heavy atom. The fraction of sp³-hybridized carbons (Fsp3) is 0.538. The van der Waals surface area contributed by atoms with Gasteiger partial charge in [0, 0.05) is 12.6 Å². The van der Waals surface area contributed by atoms with E-state index in [1.807, 2.05) is 13.8 Å². The van der Waals surface area contributed by atoms with E-state index in [1.54, 1.807) is 6.92 Å². The molecule has 1 aromatic rings. The second-order valence-corrected chi connectivity index (χ2v) is 6.30. The molecule has 5 nitrogen and oxygen atoms in total. The summed E-state index contributed by atoms with van der Waals surface area (Å²) in [6.07, 6.45) is 0.578. The molecule has 0 saturated heterocycles. The van der Waals surface area contributed by atoms with Gasteiger partial charge in [0.1, 0.15) is 5.69 Å². The number of nitro benzene ring substituents is 1. The fourth-order valence-corrected chi connectivity index (χ4v) is 2.39. The molecule has 0 aliphatic carbocycles. The van der Waals surface area contributed by atoms with Crippen molar-refractivity contribution in [1.82, 2.24) is 0 Å². The maximum absolute atomic E-state index is 11.0. The summed E-state index contributed by atoms with van der Waals surface area (Å²) in [7, 11) is 0. The van der Waals surface area contributed by atoms with Crippen LogP contribution in [0.1, 0.15) is 27.2 Å². The molecule has 7 heteroatoms. The van der Waals surface area contributed by atoms with E-state index in [1.165, 1.54) is 12.1 Å². The Labute approximate surface area is 128 Å². The summed E-state index contributed by atoms with van der Waals surface area (Å²) in [5.41, 5.74) is -0.887. The van der Waals surface area contributed by atoms with E-state index in [-0.39, 0.29) is 28.0 Å². The average Bonchev–Trinajstić information content (AvgIpc) is 2.28. The van der Waals surface area contributed by atoms with Crippen LogP contribution in [0.3, 0.4) is 0 Å². The molecule has 112 valence electrons. The van der Waals surface area contributed by atoms with E-state index in [4.69, 9.17) is 23.2 Å². The van der Waals surface area contributed by atoms with Gasteiger partial charge in [0.2, 0.25) is 0 Å². The summed E-state index contributed by atoms with van der Waals surface area (Å²) in [6, 6.07) is 2.59. The summed E-state index contributed by atoms with van der Waals surface area (Å²) in [5.74, 6) is 0.315. The van der Waals surface area contributed by atoms with E-state index in [0.29, 0.717) is 12.3 Å². The zero-order valence-corrected chi connectivity index (χ0v) is 13.1. The van der Waals surface area contributed by atoms with Gasteiger partial charge in [-0.1, -0.05) is 37.0 Å². The maximum atomic E-state index is 11.0. The molecule has 0 amide bonds. The molecule has 0 radical (unpaired) electrons. The van der Waals surface area contributed by atoms with Crippen LogP contribution < -0.4 is 5.32 Å². The molecule has 1 atom stereocenters. The lowest BCUT2D eigenvalue weighted by Gasteiger charge is -2.26. The van der Waals surface area contributed by atoms with Crippen LogP contribution in [0.5, 0.6) is 0 Å². The highest BCUT2D eigenvalue weighted by Gasteiger charge is 2.24.